The zero-order valence-electron chi connectivity index (χ0n) is 18.7. The summed E-state index contributed by atoms with van der Waals surface area (Å²) in [6, 6.07) is 13.3. The predicted octanol–water partition coefficient (Wildman–Crippen LogP) is 2.45. The Hall–Kier alpha value is -4.05. The van der Waals surface area contributed by atoms with Crippen LogP contribution in [-0.2, 0) is 19.1 Å². The van der Waals surface area contributed by atoms with Gasteiger partial charge in [-0.05, 0) is 36.2 Å². The number of H-pyrrole nitrogens is 1. The number of hydrogen-bond acceptors (Lipinski definition) is 6. The fourth-order valence-electron chi connectivity index (χ4n) is 4.02. The number of nitrogens with one attached hydrogen (secondary N) is 2. The predicted molar refractivity (Wildman–Crippen MR) is 124 cm³/mol. The molecule has 34 heavy (non-hydrogen) atoms. The summed E-state index contributed by atoms with van der Waals surface area (Å²) >= 11 is 0. The van der Waals surface area contributed by atoms with Crippen molar-refractivity contribution in [3.8, 4) is 0 Å². The third kappa shape index (κ3) is 3.71. The van der Waals surface area contributed by atoms with Gasteiger partial charge in [-0.25, -0.2) is 14.1 Å². The maximum atomic E-state index is 14.5. The van der Waals surface area contributed by atoms with Gasteiger partial charge in [-0.15, -0.1) is 0 Å². The highest BCUT2D eigenvalue weighted by Crippen LogP contribution is 2.33. The minimum Gasteiger partial charge on any atom is -0.378 e. The molecule has 10 heteroatoms. The van der Waals surface area contributed by atoms with Crippen molar-refractivity contribution < 1.29 is 14.3 Å². The summed E-state index contributed by atoms with van der Waals surface area (Å²) in [7, 11) is 1.43. The molecule has 9 nitrogen and oxygen atoms in total. The first-order valence-electron chi connectivity index (χ1n) is 10.9. The number of hydrogen-bond donors (Lipinski definition) is 3. The number of benzene rings is 2. The Kier molecular flexibility index (Phi) is 5.17. The number of amides is 1. The van der Waals surface area contributed by atoms with Crippen molar-refractivity contribution >= 4 is 28.3 Å². The van der Waals surface area contributed by atoms with Gasteiger partial charge in [-0.2, -0.15) is 5.10 Å². The Balaban J connectivity index is 1.41. The largest absolute Gasteiger partial charge is 0.378 e. The lowest BCUT2D eigenvalue weighted by Gasteiger charge is -2.44. The van der Waals surface area contributed by atoms with Crippen molar-refractivity contribution in [2.24, 2.45) is 7.05 Å². The van der Waals surface area contributed by atoms with Crippen LogP contribution in [0.2, 0.25) is 0 Å². The van der Waals surface area contributed by atoms with Crippen LogP contribution in [0.5, 0.6) is 0 Å². The number of halogens is 1. The molecule has 2 aromatic carbocycles. The van der Waals surface area contributed by atoms with Gasteiger partial charge in [0.05, 0.1) is 35.5 Å². The van der Waals surface area contributed by atoms with Crippen LogP contribution >= 0.6 is 0 Å². The summed E-state index contributed by atoms with van der Waals surface area (Å²) in [5.41, 5.74) is 0.729. The van der Waals surface area contributed by atoms with Crippen molar-refractivity contribution in [3.05, 3.63) is 81.8 Å². The molecule has 4 aromatic rings. The number of aliphatic hydroxyl groups is 1. The second-order valence-electron chi connectivity index (χ2n) is 8.46. The van der Waals surface area contributed by atoms with Gasteiger partial charge in [-0.3, -0.25) is 9.59 Å². The van der Waals surface area contributed by atoms with E-state index < -0.39 is 22.9 Å². The molecular formula is C24H23FN6O3. The third-order valence-electron chi connectivity index (χ3n) is 6.03. The van der Waals surface area contributed by atoms with Gasteiger partial charge >= 0.3 is 0 Å². The van der Waals surface area contributed by atoms with E-state index in [1.54, 1.807) is 12.1 Å². The molecule has 0 aliphatic carbocycles. The number of likely N-dealkylation sites (tertiary alicyclic amines) is 1. The van der Waals surface area contributed by atoms with Gasteiger partial charge in [-0.1, -0.05) is 25.1 Å². The van der Waals surface area contributed by atoms with Crippen molar-refractivity contribution in [1.29, 1.82) is 0 Å². The normalized spacial score (nSPS) is 14.8. The molecule has 0 spiro atoms. The Morgan fingerprint density at radius 3 is 2.68 bits per heavy atom. The van der Waals surface area contributed by atoms with E-state index in [9.17, 15) is 19.1 Å². The zero-order valence-corrected chi connectivity index (χ0v) is 18.7. The number of aryl methyl sites for hydroxylation is 2. The summed E-state index contributed by atoms with van der Waals surface area (Å²) in [6.07, 6.45) is 0.678. The number of nitrogens with zero attached hydrogens (tertiary/aromatic N) is 4. The number of para-hydroxylation sites is 2. The molecule has 0 radical (unpaired) electrons. The maximum Gasteiger partial charge on any atom is 0.276 e. The van der Waals surface area contributed by atoms with Crippen molar-refractivity contribution in [2.45, 2.75) is 18.9 Å². The lowest BCUT2D eigenvalue weighted by molar-refractivity contribution is -0.0918. The van der Waals surface area contributed by atoms with E-state index in [1.165, 1.54) is 24.1 Å². The molecule has 0 unspecified atom stereocenters. The molecular weight excluding hydrogens is 439 g/mol. The van der Waals surface area contributed by atoms with Crippen LogP contribution in [0, 0.1) is 5.82 Å². The third-order valence-corrected chi connectivity index (χ3v) is 6.03. The molecule has 174 valence electrons. The van der Waals surface area contributed by atoms with E-state index in [0.29, 0.717) is 12.2 Å². The quantitative estimate of drug-likeness (QED) is 0.420. The van der Waals surface area contributed by atoms with Gasteiger partial charge in [0.2, 0.25) is 0 Å². The van der Waals surface area contributed by atoms with Crippen molar-refractivity contribution in [1.82, 2.24) is 24.6 Å². The molecule has 0 bridgehead atoms. The van der Waals surface area contributed by atoms with Gasteiger partial charge in [0.1, 0.15) is 11.6 Å². The second kappa shape index (κ2) is 8.07. The van der Waals surface area contributed by atoms with Gasteiger partial charge in [0, 0.05) is 13.1 Å². The van der Waals surface area contributed by atoms with Crippen LogP contribution < -0.4 is 10.9 Å². The summed E-state index contributed by atoms with van der Waals surface area (Å²) in [4.78, 5) is 34.4. The first kappa shape index (κ1) is 21.8. The zero-order chi connectivity index (χ0) is 24.0. The summed E-state index contributed by atoms with van der Waals surface area (Å²) in [5, 5.41) is 18.0. The van der Waals surface area contributed by atoms with Crippen LogP contribution in [0.25, 0.3) is 11.0 Å². The first-order valence-corrected chi connectivity index (χ1v) is 10.9. The van der Waals surface area contributed by atoms with E-state index in [0.717, 1.165) is 21.3 Å². The summed E-state index contributed by atoms with van der Waals surface area (Å²) < 4.78 is 15.6. The monoisotopic (exact) mass is 462 g/mol. The maximum absolute atomic E-state index is 14.5. The SMILES string of the molecule is CCc1ccc(Nc2cc(=O)n(C)nc2C(=O)N2CC(O)(c3nc4ccccc4[nH]3)C2)c(F)c1. The van der Waals surface area contributed by atoms with Gasteiger partial charge in [0.15, 0.2) is 11.3 Å². The van der Waals surface area contributed by atoms with Crippen LogP contribution in [0.15, 0.2) is 53.3 Å². The van der Waals surface area contributed by atoms with E-state index in [2.05, 4.69) is 20.4 Å². The number of aromatic amines is 1. The Bertz CT molecular complexity index is 1440. The van der Waals surface area contributed by atoms with E-state index in [-0.39, 0.29) is 30.2 Å². The molecule has 5 rings (SSSR count). The Morgan fingerprint density at radius 2 is 1.97 bits per heavy atom. The highest BCUT2D eigenvalue weighted by atomic mass is 19.1. The van der Waals surface area contributed by atoms with E-state index in [4.69, 9.17) is 0 Å². The Labute approximate surface area is 193 Å². The van der Waals surface area contributed by atoms with Crippen LogP contribution in [0.3, 0.4) is 0 Å². The Morgan fingerprint density at radius 1 is 1.21 bits per heavy atom. The van der Waals surface area contributed by atoms with Crippen LogP contribution in [0.1, 0.15) is 28.8 Å². The van der Waals surface area contributed by atoms with Crippen LogP contribution in [-0.4, -0.2) is 48.8 Å². The molecule has 2 aromatic heterocycles. The first-order chi connectivity index (χ1) is 16.3. The topological polar surface area (TPSA) is 116 Å². The number of anilines is 2. The minimum atomic E-state index is -1.33. The minimum absolute atomic E-state index is 0.00479. The molecule has 1 aliphatic heterocycles. The lowest BCUT2D eigenvalue weighted by Crippen LogP contribution is -2.62. The second-order valence-corrected chi connectivity index (χ2v) is 8.46. The number of carbonyl (C=O) groups excluding carboxylic acids is 1. The summed E-state index contributed by atoms with van der Waals surface area (Å²) in [5.74, 6) is -0.617. The lowest BCUT2D eigenvalue weighted by atomic mass is 9.93. The van der Waals surface area contributed by atoms with Gasteiger partial charge < -0.3 is 20.3 Å². The molecule has 1 saturated heterocycles. The molecule has 1 aliphatic rings. The smallest absolute Gasteiger partial charge is 0.276 e. The number of carbonyl (C=O) groups is 1. The average molecular weight is 462 g/mol. The number of rotatable bonds is 5. The standard InChI is InChI=1S/C24H23FN6O3/c1-3-14-8-9-16(15(25)10-14)26-19-11-20(32)30(2)29-21(19)22(33)31-12-24(34,13-31)23-27-17-6-4-5-7-18(17)28-23/h4-11,26,34H,3,12-13H2,1-2H3,(H,27,28). The number of fused-ring (bicyclic) bond motifs is 1. The van der Waals surface area contributed by atoms with Crippen molar-refractivity contribution in [2.75, 3.05) is 18.4 Å². The van der Waals surface area contributed by atoms with E-state index in [1.807, 2.05) is 31.2 Å². The van der Waals surface area contributed by atoms with Crippen molar-refractivity contribution in [3.63, 3.8) is 0 Å². The van der Waals surface area contributed by atoms with Gasteiger partial charge in [0.25, 0.3) is 11.5 Å². The molecule has 3 N–H and O–H groups in total. The fourth-order valence-corrected chi connectivity index (χ4v) is 4.02. The molecule has 0 atom stereocenters. The van der Waals surface area contributed by atoms with Crippen LogP contribution in [0.4, 0.5) is 15.8 Å². The average Bonchev–Trinajstić information content (AvgIpc) is 3.25. The van der Waals surface area contributed by atoms with E-state index >= 15 is 0 Å². The summed E-state index contributed by atoms with van der Waals surface area (Å²) in [6.45, 7) is 1.91. The molecule has 1 amide bonds. The fraction of sp³-hybridized carbons (Fsp3) is 0.250. The highest BCUT2D eigenvalue weighted by Gasteiger charge is 2.48. The molecule has 1 fully saturated rings. The number of imidazole rings is 1. The molecule has 0 saturated carbocycles. The molecule has 3 heterocycles. The number of β-amino-alcohol motifs (C(OH)–C–C–N with tert-alkyl or cyclic N) is 1. The number of aromatic nitrogens is 4. The highest BCUT2D eigenvalue weighted by molar-refractivity contribution is 5.98.